The highest BCUT2D eigenvalue weighted by atomic mass is 32.2. The summed E-state index contributed by atoms with van der Waals surface area (Å²) in [4.78, 5) is 3.95. The van der Waals surface area contributed by atoms with Crippen molar-refractivity contribution >= 4 is 27.3 Å². The predicted molar refractivity (Wildman–Crippen MR) is 76.5 cm³/mol. The molecule has 2 heterocycles. The first-order valence-electron chi connectivity index (χ1n) is 5.68. The van der Waals surface area contributed by atoms with Gasteiger partial charge in [0, 0.05) is 0 Å². The molecule has 0 unspecified atom stereocenters. The van der Waals surface area contributed by atoms with Gasteiger partial charge in [-0.05, 0) is 23.6 Å². The topological polar surface area (TPSA) is 76.9 Å². The van der Waals surface area contributed by atoms with Gasteiger partial charge in [0.15, 0.2) is 0 Å². The monoisotopic (exact) mass is 306 g/mol. The normalized spacial score (nSPS) is 11.4. The van der Waals surface area contributed by atoms with Crippen molar-refractivity contribution in [3.8, 4) is 5.69 Å². The number of aromatic nitrogens is 3. The number of para-hydroxylation sites is 1. The lowest BCUT2D eigenvalue weighted by atomic mass is 10.3. The molecule has 102 valence electrons. The number of anilines is 1. The summed E-state index contributed by atoms with van der Waals surface area (Å²) in [7, 11) is -3.61. The summed E-state index contributed by atoms with van der Waals surface area (Å²) in [6.45, 7) is 0. The van der Waals surface area contributed by atoms with Crippen molar-refractivity contribution in [1.29, 1.82) is 0 Å². The van der Waals surface area contributed by atoms with E-state index in [1.165, 1.54) is 17.1 Å². The van der Waals surface area contributed by atoms with Crippen molar-refractivity contribution in [3.05, 3.63) is 54.2 Å². The Morgan fingerprint density at radius 1 is 1.10 bits per heavy atom. The van der Waals surface area contributed by atoms with Crippen molar-refractivity contribution < 1.29 is 8.42 Å². The van der Waals surface area contributed by atoms with Crippen LogP contribution in [-0.4, -0.2) is 23.2 Å². The van der Waals surface area contributed by atoms with Gasteiger partial charge in [-0.3, -0.25) is 0 Å². The van der Waals surface area contributed by atoms with E-state index in [1.807, 2.05) is 30.3 Å². The summed E-state index contributed by atoms with van der Waals surface area (Å²) in [6, 6.07) is 12.5. The molecule has 0 bridgehead atoms. The van der Waals surface area contributed by atoms with Crippen LogP contribution in [0, 0.1) is 0 Å². The third-order valence-corrected chi connectivity index (χ3v) is 5.22. The molecule has 0 aliphatic rings. The highest BCUT2D eigenvalue weighted by molar-refractivity contribution is 7.94. The van der Waals surface area contributed by atoms with Gasteiger partial charge in [-0.1, -0.05) is 24.3 Å². The van der Waals surface area contributed by atoms with Crippen LogP contribution >= 0.6 is 11.3 Å². The minimum atomic E-state index is -3.61. The Morgan fingerprint density at radius 2 is 1.90 bits per heavy atom. The summed E-state index contributed by atoms with van der Waals surface area (Å²) >= 11 is 1.14. The highest BCUT2D eigenvalue weighted by Gasteiger charge is 2.17. The van der Waals surface area contributed by atoms with Crippen molar-refractivity contribution in [1.82, 2.24) is 14.8 Å². The molecule has 1 N–H and O–H groups in total. The van der Waals surface area contributed by atoms with Gasteiger partial charge in [-0.2, -0.15) is 4.98 Å². The van der Waals surface area contributed by atoms with Crippen LogP contribution in [0.2, 0.25) is 0 Å². The first-order valence-corrected chi connectivity index (χ1v) is 8.05. The molecule has 20 heavy (non-hydrogen) atoms. The molecule has 0 aliphatic heterocycles. The largest absolute Gasteiger partial charge is 0.273 e. The molecular formula is C12H10N4O2S2. The molecule has 3 rings (SSSR count). The Hall–Kier alpha value is -2.19. The molecule has 0 spiro atoms. The molecule has 0 saturated carbocycles. The van der Waals surface area contributed by atoms with E-state index in [2.05, 4.69) is 14.8 Å². The van der Waals surface area contributed by atoms with Crippen LogP contribution in [0.5, 0.6) is 0 Å². The van der Waals surface area contributed by atoms with E-state index in [-0.39, 0.29) is 10.2 Å². The molecule has 0 amide bonds. The molecule has 6 nitrogen and oxygen atoms in total. The Labute approximate surface area is 119 Å². The quantitative estimate of drug-likeness (QED) is 0.801. The molecule has 0 atom stereocenters. The Morgan fingerprint density at radius 3 is 2.60 bits per heavy atom. The number of sulfonamides is 1. The van der Waals surface area contributed by atoms with Crippen LogP contribution in [0.15, 0.2) is 58.4 Å². The third-order valence-electron chi connectivity index (χ3n) is 2.50. The number of benzene rings is 1. The van der Waals surface area contributed by atoms with Gasteiger partial charge in [-0.15, -0.1) is 16.4 Å². The van der Waals surface area contributed by atoms with Crippen molar-refractivity contribution in [3.63, 3.8) is 0 Å². The summed E-state index contributed by atoms with van der Waals surface area (Å²) in [5.74, 6) is 0.0438. The first kappa shape index (κ1) is 12.8. The molecule has 1 aromatic carbocycles. The number of nitrogens with one attached hydrogen (secondary N) is 1. The van der Waals surface area contributed by atoms with Gasteiger partial charge in [-0.25, -0.2) is 17.8 Å². The third kappa shape index (κ3) is 2.56. The minimum absolute atomic E-state index is 0.0438. The summed E-state index contributed by atoms with van der Waals surface area (Å²) in [6.07, 6.45) is 1.46. The maximum atomic E-state index is 12.0. The summed E-state index contributed by atoms with van der Waals surface area (Å²) in [5.41, 5.74) is 0.807. The fraction of sp³-hybridized carbons (Fsp3) is 0. The SMILES string of the molecule is O=S(=O)(Nc1ncn(-c2ccccc2)n1)c1cccs1. The zero-order valence-electron chi connectivity index (χ0n) is 10.2. The number of hydrogen-bond acceptors (Lipinski definition) is 5. The number of rotatable bonds is 4. The fourth-order valence-electron chi connectivity index (χ4n) is 1.60. The van der Waals surface area contributed by atoms with Crippen LogP contribution in [0.1, 0.15) is 0 Å². The zero-order valence-corrected chi connectivity index (χ0v) is 11.8. The van der Waals surface area contributed by atoms with Crippen LogP contribution in [0.4, 0.5) is 5.95 Å². The molecular weight excluding hydrogens is 296 g/mol. The van der Waals surface area contributed by atoms with Gasteiger partial charge >= 0.3 is 0 Å². The average molecular weight is 306 g/mol. The molecule has 0 saturated heterocycles. The van der Waals surface area contributed by atoms with Gasteiger partial charge in [0.25, 0.3) is 16.0 Å². The van der Waals surface area contributed by atoms with Gasteiger partial charge in [0.1, 0.15) is 10.5 Å². The van der Waals surface area contributed by atoms with Gasteiger partial charge in [0.05, 0.1) is 5.69 Å². The Balaban J connectivity index is 1.85. The second kappa shape index (κ2) is 5.06. The lowest BCUT2D eigenvalue weighted by Crippen LogP contribution is -2.12. The maximum Gasteiger partial charge on any atom is 0.273 e. The van der Waals surface area contributed by atoms with E-state index < -0.39 is 10.0 Å². The standard InChI is InChI=1S/C12H10N4O2S2/c17-20(18,11-7-4-8-19-11)15-12-13-9-16(14-12)10-5-2-1-3-6-10/h1-9H,(H,14,15). The highest BCUT2D eigenvalue weighted by Crippen LogP contribution is 2.18. The number of hydrogen-bond donors (Lipinski definition) is 1. The lowest BCUT2D eigenvalue weighted by Gasteiger charge is -2.01. The van der Waals surface area contributed by atoms with Crippen LogP contribution in [-0.2, 0) is 10.0 Å². The molecule has 2 aromatic heterocycles. The molecule has 0 aliphatic carbocycles. The first-order chi connectivity index (χ1) is 9.65. The van der Waals surface area contributed by atoms with E-state index in [1.54, 1.807) is 11.4 Å². The van der Waals surface area contributed by atoms with Gasteiger partial charge < -0.3 is 0 Å². The smallest absolute Gasteiger partial charge is 0.245 e. The van der Waals surface area contributed by atoms with Crippen molar-refractivity contribution in [2.75, 3.05) is 4.72 Å². The van der Waals surface area contributed by atoms with Gasteiger partial charge in [0.2, 0.25) is 0 Å². The summed E-state index contributed by atoms with van der Waals surface area (Å²) in [5, 5.41) is 5.79. The lowest BCUT2D eigenvalue weighted by molar-refractivity contribution is 0.602. The zero-order chi connectivity index (χ0) is 14.0. The maximum absolute atomic E-state index is 12.0. The average Bonchev–Trinajstić information content (AvgIpc) is 3.10. The second-order valence-corrected chi connectivity index (χ2v) is 6.74. The molecule has 8 heteroatoms. The van der Waals surface area contributed by atoms with Crippen LogP contribution in [0.25, 0.3) is 5.69 Å². The van der Waals surface area contributed by atoms with Crippen molar-refractivity contribution in [2.45, 2.75) is 4.21 Å². The van der Waals surface area contributed by atoms with E-state index in [4.69, 9.17) is 0 Å². The molecule has 3 aromatic rings. The second-order valence-electron chi connectivity index (χ2n) is 3.89. The van der Waals surface area contributed by atoms with Crippen molar-refractivity contribution in [2.24, 2.45) is 0 Å². The van der Waals surface area contributed by atoms with E-state index in [0.29, 0.717) is 0 Å². The fourth-order valence-corrected chi connectivity index (χ4v) is 3.54. The van der Waals surface area contributed by atoms with Crippen LogP contribution < -0.4 is 4.72 Å². The van der Waals surface area contributed by atoms with Crippen LogP contribution in [0.3, 0.4) is 0 Å². The predicted octanol–water partition coefficient (Wildman–Crippen LogP) is 2.13. The number of nitrogens with zero attached hydrogens (tertiary/aromatic N) is 3. The summed E-state index contributed by atoms with van der Waals surface area (Å²) < 4.78 is 28.1. The van der Waals surface area contributed by atoms with E-state index in [9.17, 15) is 8.42 Å². The van der Waals surface area contributed by atoms with E-state index >= 15 is 0 Å². The van der Waals surface area contributed by atoms with E-state index in [0.717, 1.165) is 17.0 Å². The Kier molecular flexibility index (Phi) is 3.25. The number of thiophene rings is 1. The molecule has 0 radical (unpaired) electrons. The Bertz CT molecular complexity index is 795. The minimum Gasteiger partial charge on any atom is -0.245 e. The molecule has 0 fully saturated rings.